The van der Waals surface area contributed by atoms with Crippen LogP contribution in [0.2, 0.25) is 0 Å². The van der Waals surface area contributed by atoms with Crippen molar-refractivity contribution in [3.8, 4) is 0 Å². The third kappa shape index (κ3) is 2.39. The Bertz CT molecular complexity index is 287. The van der Waals surface area contributed by atoms with Crippen molar-refractivity contribution in [3.05, 3.63) is 35.4 Å². The highest BCUT2D eigenvalue weighted by Gasteiger charge is 2.11. The largest absolute Gasteiger partial charge is 0.381 e. The average molecular weight is 178 g/mol. The number of hydrogen-bond donors (Lipinski definition) is 1. The van der Waals surface area contributed by atoms with E-state index < -0.39 is 6.10 Å². The highest BCUT2D eigenvalue weighted by molar-refractivity contribution is 5.81. The summed E-state index contributed by atoms with van der Waals surface area (Å²) < 4.78 is 0. The lowest BCUT2D eigenvalue weighted by Crippen LogP contribution is -2.07. The molecular weight excluding hydrogens is 164 g/mol. The molecule has 2 heteroatoms. The van der Waals surface area contributed by atoms with Crippen molar-refractivity contribution in [2.24, 2.45) is 0 Å². The van der Waals surface area contributed by atoms with Crippen LogP contribution in [0.15, 0.2) is 24.3 Å². The van der Waals surface area contributed by atoms with Gasteiger partial charge in [-0.3, -0.25) is 4.79 Å². The van der Waals surface area contributed by atoms with Crippen LogP contribution in [0.1, 0.15) is 31.1 Å². The second-order valence-corrected chi connectivity index (χ2v) is 3.11. The monoisotopic (exact) mass is 178 g/mol. The number of carbonyl (C=O) groups excluding carboxylic acids is 1. The molecule has 2 nitrogen and oxygen atoms in total. The fourth-order valence-electron chi connectivity index (χ4n) is 1.17. The molecule has 1 atom stereocenters. The Labute approximate surface area is 78.2 Å². The Morgan fingerprint density at radius 1 is 1.38 bits per heavy atom. The zero-order valence-corrected chi connectivity index (χ0v) is 7.95. The summed E-state index contributed by atoms with van der Waals surface area (Å²) in [6.07, 6.45) is 0.00194. The normalized spacial score (nSPS) is 12.5. The molecule has 0 aromatic heterocycles. The van der Waals surface area contributed by atoms with Crippen molar-refractivity contribution in [1.82, 2.24) is 0 Å². The lowest BCUT2D eigenvalue weighted by Gasteiger charge is -2.07. The summed E-state index contributed by atoms with van der Waals surface area (Å²) in [6, 6.07) is 7.46. The highest BCUT2D eigenvalue weighted by atomic mass is 16.3. The van der Waals surface area contributed by atoms with E-state index in [2.05, 4.69) is 6.92 Å². The van der Waals surface area contributed by atoms with E-state index in [0.29, 0.717) is 5.56 Å². The van der Waals surface area contributed by atoms with Crippen LogP contribution in [0, 0.1) is 0 Å². The molecule has 1 N–H and O–H groups in total. The smallest absolute Gasteiger partial charge is 0.162 e. The predicted molar refractivity (Wildman–Crippen MR) is 51.5 cm³/mol. The van der Waals surface area contributed by atoms with E-state index in [1.165, 1.54) is 12.5 Å². The standard InChI is InChI=1S/C11H14O2/c1-3-9-4-6-10(7-5-9)11(13)8(2)12/h4-7,11,13H,3H2,1-2H3/t11-/m1/s1. The van der Waals surface area contributed by atoms with E-state index in [4.69, 9.17) is 0 Å². The summed E-state index contributed by atoms with van der Waals surface area (Å²) in [4.78, 5) is 10.8. The Hall–Kier alpha value is -1.15. The number of aryl methyl sites for hydroxylation is 1. The van der Waals surface area contributed by atoms with Gasteiger partial charge in [-0.1, -0.05) is 31.2 Å². The Morgan fingerprint density at radius 3 is 2.31 bits per heavy atom. The first-order valence-corrected chi connectivity index (χ1v) is 4.42. The summed E-state index contributed by atoms with van der Waals surface area (Å²) in [5, 5.41) is 9.41. The van der Waals surface area contributed by atoms with Gasteiger partial charge >= 0.3 is 0 Å². The molecule has 1 aromatic rings. The number of rotatable bonds is 3. The van der Waals surface area contributed by atoms with Gasteiger partial charge < -0.3 is 5.11 Å². The number of benzene rings is 1. The van der Waals surface area contributed by atoms with Crippen molar-refractivity contribution in [1.29, 1.82) is 0 Å². The lowest BCUT2D eigenvalue weighted by atomic mass is 10.0. The number of ketones is 1. The van der Waals surface area contributed by atoms with Crippen molar-refractivity contribution in [2.75, 3.05) is 0 Å². The Balaban J connectivity index is 2.85. The van der Waals surface area contributed by atoms with Gasteiger partial charge in [0.05, 0.1) is 0 Å². The van der Waals surface area contributed by atoms with E-state index >= 15 is 0 Å². The quantitative estimate of drug-likeness (QED) is 0.767. The number of aliphatic hydroxyl groups is 1. The van der Waals surface area contributed by atoms with Crippen LogP contribution < -0.4 is 0 Å². The summed E-state index contributed by atoms with van der Waals surface area (Å²) >= 11 is 0. The first kappa shape index (κ1) is 9.93. The zero-order valence-electron chi connectivity index (χ0n) is 7.95. The molecule has 0 saturated carbocycles. The molecule has 0 aliphatic carbocycles. The summed E-state index contributed by atoms with van der Waals surface area (Å²) in [5.41, 5.74) is 1.88. The highest BCUT2D eigenvalue weighted by Crippen LogP contribution is 2.14. The van der Waals surface area contributed by atoms with Gasteiger partial charge in [0.1, 0.15) is 6.10 Å². The van der Waals surface area contributed by atoms with Gasteiger partial charge in [0.25, 0.3) is 0 Å². The molecule has 1 rings (SSSR count). The molecule has 0 bridgehead atoms. The van der Waals surface area contributed by atoms with Crippen molar-refractivity contribution in [3.63, 3.8) is 0 Å². The van der Waals surface area contributed by atoms with Crippen molar-refractivity contribution >= 4 is 5.78 Å². The molecule has 0 aliphatic heterocycles. The third-order valence-electron chi connectivity index (χ3n) is 2.09. The average Bonchev–Trinajstić information content (AvgIpc) is 2.17. The van der Waals surface area contributed by atoms with E-state index in [9.17, 15) is 9.90 Å². The molecule has 0 spiro atoms. The van der Waals surface area contributed by atoms with Gasteiger partial charge in [-0.05, 0) is 24.5 Å². The molecule has 0 aliphatic rings. The molecular formula is C11H14O2. The van der Waals surface area contributed by atoms with E-state index in [-0.39, 0.29) is 5.78 Å². The van der Waals surface area contributed by atoms with Crippen LogP contribution in [0.4, 0.5) is 0 Å². The minimum atomic E-state index is -0.967. The SMILES string of the molecule is CCc1ccc([C@H](O)C(C)=O)cc1. The molecule has 0 amide bonds. The molecule has 0 heterocycles. The molecule has 70 valence electrons. The van der Waals surface area contributed by atoms with Gasteiger partial charge in [0.2, 0.25) is 0 Å². The summed E-state index contributed by atoms with van der Waals surface area (Å²) in [6.45, 7) is 3.45. The number of Topliss-reactive ketones (excluding diaryl/α,β-unsaturated/α-hetero) is 1. The Morgan fingerprint density at radius 2 is 1.92 bits per heavy atom. The van der Waals surface area contributed by atoms with Gasteiger partial charge in [-0.2, -0.15) is 0 Å². The second kappa shape index (κ2) is 4.19. The predicted octanol–water partition coefficient (Wildman–Crippen LogP) is 1.87. The van der Waals surface area contributed by atoms with Crippen molar-refractivity contribution in [2.45, 2.75) is 26.4 Å². The fourth-order valence-corrected chi connectivity index (χ4v) is 1.17. The van der Waals surface area contributed by atoms with Crippen LogP contribution >= 0.6 is 0 Å². The number of carbonyl (C=O) groups is 1. The first-order valence-electron chi connectivity index (χ1n) is 4.42. The van der Waals surface area contributed by atoms with E-state index in [0.717, 1.165) is 6.42 Å². The zero-order chi connectivity index (χ0) is 9.84. The van der Waals surface area contributed by atoms with Crippen LogP contribution in [0.3, 0.4) is 0 Å². The fraction of sp³-hybridized carbons (Fsp3) is 0.364. The lowest BCUT2D eigenvalue weighted by molar-refractivity contribution is -0.125. The van der Waals surface area contributed by atoms with Crippen LogP contribution in [-0.4, -0.2) is 10.9 Å². The van der Waals surface area contributed by atoms with E-state index in [1.54, 1.807) is 12.1 Å². The maximum atomic E-state index is 10.8. The molecule has 13 heavy (non-hydrogen) atoms. The minimum absolute atomic E-state index is 0.218. The maximum Gasteiger partial charge on any atom is 0.162 e. The molecule has 1 aromatic carbocycles. The Kier molecular flexibility index (Phi) is 3.20. The van der Waals surface area contributed by atoms with Crippen LogP contribution in [0.5, 0.6) is 0 Å². The van der Waals surface area contributed by atoms with Crippen molar-refractivity contribution < 1.29 is 9.90 Å². The van der Waals surface area contributed by atoms with Gasteiger partial charge in [-0.15, -0.1) is 0 Å². The summed E-state index contributed by atoms with van der Waals surface area (Å²) in [7, 11) is 0. The van der Waals surface area contributed by atoms with Crippen LogP contribution in [-0.2, 0) is 11.2 Å². The minimum Gasteiger partial charge on any atom is -0.381 e. The topological polar surface area (TPSA) is 37.3 Å². The van der Waals surface area contributed by atoms with Gasteiger partial charge in [0, 0.05) is 0 Å². The molecule has 0 unspecified atom stereocenters. The van der Waals surface area contributed by atoms with Gasteiger partial charge in [-0.25, -0.2) is 0 Å². The number of hydrogen-bond acceptors (Lipinski definition) is 2. The summed E-state index contributed by atoms with van der Waals surface area (Å²) in [5.74, 6) is -0.218. The number of aliphatic hydroxyl groups excluding tert-OH is 1. The molecule has 0 saturated heterocycles. The molecule has 0 radical (unpaired) electrons. The maximum absolute atomic E-state index is 10.8. The van der Waals surface area contributed by atoms with Gasteiger partial charge in [0.15, 0.2) is 5.78 Å². The molecule has 0 fully saturated rings. The third-order valence-corrected chi connectivity index (χ3v) is 2.09. The van der Waals surface area contributed by atoms with E-state index in [1.807, 2.05) is 12.1 Å². The second-order valence-electron chi connectivity index (χ2n) is 3.11. The first-order chi connectivity index (χ1) is 6.15. The van der Waals surface area contributed by atoms with Crippen LogP contribution in [0.25, 0.3) is 0 Å².